The maximum absolute atomic E-state index is 4.03. The summed E-state index contributed by atoms with van der Waals surface area (Å²) in [4.78, 5) is 5.32. The van der Waals surface area contributed by atoms with E-state index in [2.05, 4.69) is 17.1 Å². The topological polar surface area (TPSA) is 12.4 Å². The molecule has 1 aromatic rings. The fraction of sp³-hybridized carbons (Fsp3) is 0. The van der Waals surface area contributed by atoms with Crippen LogP contribution in [0.15, 0.2) is 34.2 Å². The normalized spacial score (nSPS) is 14.8. The van der Waals surface area contributed by atoms with Crippen molar-refractivity contribution >= 4 is 18.0 Å². The van der Waals surface area contributed by atoms with E-state index in [0.29, 0.717) is 0 Å². The van der Waals surface area contributed by atoms with Gasteiger partial charge in [-0.05, 0) is 6.07 Å². The van der Waals surface area contributed by atoms with E-state index in [1.165, 1.54) is 10.5 Å². The van der Waals surface area contributed by atoms with Gasteiger partial charge in [-0.15, -0.1) is 0 Å². The van der Waals surface area contributed by atoms with Crippen LogP contribution in [-0.4, -0.2) is 6.21 Å². The molecule has 0 aromatic heterocycles. The Bertz CT molecular complexity index is 268. The molecule has 0 unspecified atom stereocenters. The molecule has 0 saturated heterocycles. The van der Waals surface area contributed by atoms with E-state index in [9.17, 15) is 0 Å². The van der Waals surface area contributed by atoms with Crippen molar-refractivity contribution in [2.75, 3.05) is 0 Å². The molecule has 1 aromatic carbocycles. The number of hydrogen-bond acceptors (Lipinski definition) is 2. The summed E-state index contributed by atoms with van der Waals surface area (Å²) >= 11 is 1.67. The van der Waals surface area contributed by atoms with Crippen LogP contribution in [0.3, 0.4) is 0 Å². The maximum Gasteiger partial charge on any atom is 0.132 e. The van der Waals surface area contributed by atoms with E-state index >= 15 is 0 Å². The van der Waals surface area contributed by atoms with Crippen molar-refractivity contribution in [3.63, 3.8) is 0 Å². The highest BCUT2D eigenvalue weighted by Crippen LogP contribution is 2.27. The van der Waals surface area contributed by atoms with Gasteiger partial charge in [-0.1, -0.05) is 30.0 Å². The zero-order valence-electron chi connectivity index (χ0n) is 5.32. The van der Waals surface area contributed by atoms with Gasteiger partial charge in [0.1, 0.15) is 5.88 Å². The molecule has 1 nitrogen and oxygen atoms in total. The Hall–Kier alpha value is -0.760. The number of benzene rings is 1. The first-order chi connectivity index (χ1) is 4.97. The molecular formula is C8H6NS. The molecule has 2 heteroatoms. The van der Waals surface area contributed by atoms with Gasteiger partial charge in [0.15, 0.2) is 0 Å². The molecule has 2 rings (SSSR count). The van der Waals surface area contributed by atoms with Gasteiger partial charge in [0.25, 0.3) is 0 Å². The Labute approximate surface area is 64.2 Å². The summed E-state index contributed by atoms with van der Waals surface area (Å²) in [6.07, 6.45) is 1.88. The average Bonchev–Trinajstić information content (AvgIpc) is 2.05. The lowest BCUT2D eigenvalue weighted by molar-refractivity contribution is 1.38. The predicted molar refractivity (Wildman–Crippen MR) is 44.2 cm³/mol. The van der Waals surface area contributed by atoms with E-state index in [1.807, 2.05) is 24.2 Å². The maximum atomic E-state index is 4.03. The second kappa shape index (κ2) is 2.46. The number of aliphatic imine (C=N–C) groups is 1. The van der Waals surface area contributed by atoms with E-state index in [0.717, 1.165) is 0 Å². The van der Waals surface area contributed by atoms with Gasteiger partial charge >= 0.3 is 0 Å². The monoisotopic (exact) mass is 148 g/mol. The highest BCUT2D eigenvalue weighted by atomic mass is 32.2. The number of rotatable bonds is 0. The average molecular weight is 148 g/mol. The first kappa shape index (κ1) is 5.98. The molecule has 0 bridgehead atoms. The second-order valence-electron chi connectivity index (χ2n) is 2.04. The fourth-order valence-electron chi connectivity index (χ4n) is 0.892. The van der Waals surface area contributed by atoms with Crippen molar-refractivity contribution in [1.82, 2.24) is 0 Å². The summed E-state index contributed by atoms with van der Waals surface area (Å²) in [7, 11) is 0. The van der Waals surface area contributed by atoms with Crippen LogP contribution >= 0.6 is 11.8 Å². The minimum atomic E-state index is 1.22. The Kier molecular flexibility index (Phi) is 1.47. The zero-order chi connectivity index (χ0) is 6.81. The molecule has 1 radical (unpaired) electrons. The van der Waals surface area contributed by atoms with Crippen LogP contribution in [0.25, 0.3) is 0 Å². The lowest BCUT2D eigenvalue weighted by atomic mass is 10.2. The smallest absolute Gasteiger partial charge is 0.132 e. The Morgan fingerprint density at radius 3 is 3.00 bits per heavy atom. The van der Waals surface area contributed by atoms with Crippen LogP contribution in [0.5, 0.6) is 0 Å². The molecule has 0 amide bonds. The van der Waals surface area contributed by atoms with E-state index in [-0.39, 0.29) is 0 Å². The van der Waals surface area contributed by atoms with Crippen molar-refractivity contribution in [2.24, 2.45) is 4.99 Å². The third-order valence-corrected chi connectivity index (χ3v) is 2.23. The van der Waals surface area contributed by atoms with Gasteiger partial charge in [-0.3, -0.25) is 4.99 Å². The van der Waals surface area contributed by atoms with Gasteiger partial charge < -0.3 is 0 Å². The largest absolute Gasteiger partial charge is 0.275 e. The van der Waals surface area contributed by atoms with Crippen molar-refractivity contribution in [3.05, 3.63) is 35.7 Å². The molecule has 49 valence electrons. The third-order valence-electron chi connectivity index (χ3n) is 1.37. The van der Waals surface area contributed by atoms with Crippen LogP contribution < -0.4 is 0 Å². The van der Waals surface area contributed by atoms with Crippen molar-refractivity contribution in [1.29, 1.82) is 0 Å². The predicted octanol–water partition coefficient (Wildman–Crippen LogP) is 2.33. The Balaban J connectivity index is 2.54. The van der Waals surface area contributed by atoms with Crippen LogP contribution in [-0.2, 0) is 0 Å². The van der Waals surface area contributed by atoms with Crippen molar-refractivity contribution in [2.45, 2.75) is 4.90 Å². The van der Waals surface area contributed by atoms with Gasteiger partial charge in [0, 0.05) is 16.7 Å². The minimum absolute atomic E-state index is 1.22. The molecular weight excluding hydrogens is 142 g/mol. The molecule has 0 aliphatic carbocycles. The highest BCUT2D eigenvalue weighted by molar-refractivity contribution is 8.01. The Morgan fingerprint density at radius 2 is 2.10 bits per heavy atom. The summed E-state index contributed by atoms with van der Waals surface area (Å²) in [5, 5.41) is 0. The standard InChI is InChI=1S/C8H6NS/c1-2-4-8-7(3-1)5-9-6-10-8/h1-6H. The Morgan fingerprint density at radius 1 is 1.20 bits per heavy atom. The van der Waals surface area contributed by atoms with Gasteiger partial charge in [-0.2, -0.15) is 0 Å². The van der Waals surface area contributed by atoms with Crippen LogP contribution in [0.4, 0.5) is 0 Å². The summed E-state index contributed by atoms with van der Waals surface area (Å²) in [5.74, 6) is 1.85. The summed E-state index contributed by atoms with van der Waals surface area (Å²) in [6.45, 7) is 0. The fourth-order valence-corrected chi connectivity index (χ4v) is 1.54. The van der Waals surface area contributed by atoms with E-state index in [1.54, 1.807) is 11.8 Å². The summed E-state index contributed by atoms with van der Waals surface area (Å²) in [6, 6.07) is 8.23. The molecule has 0 spiro atoms. The number of hydrogen-bond donors (Lipinski definition) is 0. The third kappa shape index (κ3) is 0.948. The summed E-state index contributed by atoms with van der Waals surface area (Å²) < 4.78 is 0. The lowest BCUT2D eigenvalue weighted by Gasteiger charge is -2.06. The molecule has 10 heavy (non-hydrogen) atoms. The quantitative estimate of drug-likeness (QED) is 0.550. The van der Waals surface area contributed by atoms with Gasteiger partial charge in [-0.25, -0.2) is 0 Å². The van der Waals surface area contributed by atoms with Crippen LogP contribution in [0, 0.1) is 5.88 Å². The molecule has 1 aliphatic heterocycles. The molecule has 1 aliphatic rings. The molecule has 0 fully saturated rings. The SMILES string of the molecule is [CH]1N=Cc2ccccc2S1. The molecule has 0 atom stereocenters. The van der Waals surface area contributed by atoms with Crippen LogP contribution in [0.2, 0.25) is 0 Å². The van der Waals surface area contributed by atoms with Gasteiger partial charge in [0.2, 0.25) is 0 Å². The van der Waals surface area contributed by atoms with E-state index in [4.69, 9.17) is 0 Å². The number of nitrogens with zero attached hydrogens (tertiary/aromatic N) is 1. The lowest BCUT2D eigenvalue weighted by Crippen LogP contribution is -1.88. The highest BCUT2D eigenvalue weighted by Gasteiger charge is 2.02. The van der Waals surface area contributed by atoms with Gasteiger partial charge in [0.05, 0.1) is 0 Å². The van der Waals surface area contributed by atoms with Crippen LogP contribution in [0.1, 0.15) is 5.56 Å². The minimum Gasteiger partial charge on any atom is -0.275 e. The first-order valence-corrected chi connectivity index (χ1v) is 3.95. The van der Waals surface area contributed by atoms with E-state index < -0.39 is 0 Å². The first-order valence-electron chi connectivity index (χ1n) is 3.07. The van der Waals surface area contributed by atoms with Crippen molar-refractivity contribution in [3.8, 4) is 0 Å². The van der Waals surface area contributed by atoms with Crippen molar-refractivity contribution < 1.29 is 0 Å². The molecule has 1 heterocycles. The zero-order valence-corrected chi connectivity index (χ0v) is 6.14. The number of thioether (sulfide) groups is 1. The molecule has 0 N–H and O–H groups in total. The molecule has 0 saturated carbocycles. The number of fused-ring (bicyclic) bond motifs is 1. The summed E-state index contributed by atoms with van der Waals surface area (Å²) in [5.41, 5.74) is 1.22. The second-order valence-corrected chi connectivity index (χ2v) is 2.93.